The first kappa shape index (κ1) is 12.3. The third kappa shape index (κ3) is 1.77. The van der Waals surface area contributed by atoms with E-state index in [-0.39, 0.29) is 11.1 Å². The Labute approximate surface area is 101 Å². The van der Waals surface area contributed by atoms with E-state index < -0.39 is 29.0 Å². The highest BCUT2D eigenvalue weighted by Gasteiger charge is 2.26. The zero-order chi connectivity index (χ0) is 13.3. The van der Waals surface area contributed by atoms with Crippen molar-refractivity contribution in [2.24, 2.45) is 0 Å². The van der Waals surface area contributed by atoms with Crippen LogP contribution in [-0.4, -0.2) is 12.2 Å². The molecule has 0 unspecified atom stereocenters. The van der Waals surface area contributed by atoms with E-state index in [1.165, 1.54) is 12.1 Å². The fourth-order valence-electron chi connectivity index (χ4n) is 1.68. The number of aromatic hydroxyl groups is 1. The van der Waals surface area contributed by atoms with Crippen LogP contribution in [0.15, 0.2) is 30.3 Å². The van der Waals surface area contributed by atoms with E-state index in [9.17, 15) is 13.2 Å². The summed E-state index contributed by atoms with van der Waals surface area (Å²) in [6.45, 7) is 0. The molecule has 2 aromatic rings. The van der Waals surface area contributed by atoms with Gasteiger partial charge in [-0.3, -0.25) is 0 Å². The molecule has 0 aromatic heterocycles. The Kier molecular flexibility index (Phi) is 3.14. The molecule has 2 rings (SSSR count). The molecular formula is C13H9F3O2. The SMILES string of the molecule is COc1c(F)c(O)c(F)c(F)c1-c1ccccc1. The smallest absolute Gasteiger partial charge is 0.210 e. The first-order valence-electron chi connectivity index (χ1n) is 5.06. The molecule has 0 atom stereocenters. The van der Waals surface area contributed by atoms with E-state index >= 15 is 0 Å². The Morgan fingerprint density at radius 1 is 0.944 bits per heavy atom. The Balaban J connectivity index is 2.82. The highest BCUT2D eigenvalue weighted by atomic mass is 19.2. The second-order valence-corrected chi connectivity index (χ2v) is 3.56. The van der Waals surface area contributed by atoms with Crippen molar-refractivity contribution in [1.29, 1.82) is 0 Å². The number of hydrogen-bond donors (Lipinski definition) is 1. The molecular weight excluding hydrogens is 245 g/mol. The molecule has 0 aliphatic heterocycles. The first-order chi connectivity index (χ1) is 8.57. The maximum absolute atomic E-state index is 13.8. The fraction of sp³-hybridized carbons (Fsp3) is 0.0769. The summed E-state index contributed by atoms with van der Waals surface area (Å²) in [5.74, 6) is -6.22. The van der Waals surface area contributed by atoms with Crippen LogP contribution in [0, 0.1) is 17.5 Å². The van der Waals surface area contributed by atoms with Crippen molar-refractivity contribution >= 4 is 0 Å². The summed E-state index contributed by atoms with van der Waals surface area (Å²) in [5.41, 5.74) is -0.101. The highest BCUT2D eigenvalue weighted by Crippen LogP contribution is 2.40. The molecule has 2 aromatic carbocycles. The zero-order valence-electron chi connectivity index (χ0n) is 9.38. The van der Waals surface area contributed by atoms with E-state index in [0.717, 1.165) is 7.11 Å². The lowest BCUT2D eigenvalue weighted by atomic mass is 10.0. The minimum atomic E-state index is -1.63. The van der Waals surface area contributed by atoms with Gasteiger partial charge in [0.25, 0.3) is 0 Å². The van der Waals surface area contributed by atoms with E-state index in [2.05, 4.69) is 0 Å². The molecule has 0 fully saturated rings. The molecule has 0 heterocycles. The molecule has 94 valence electrons. The van der Waals surface area contributed by atoms with Crippen molar-refractivity contribution in [3.63, 3.8) is 0 Å². The molecule has 0 amide bonds. The van der Waals surface area contributed by atoms with E-state index in [1.54, 1.807) is 18.2 Å². The Morgan fingerprint density at radius 2 is 1.56 bits per heavy atom. The average molecular weight is 254 g/mol. The molecule has 0 spiro atoms. The molecule has 2 nitrogen and oxygen atoms in total. The maximum atomic E-state index is 13.8. The lowest BCUT2D eigenvalue weighted by Gasteiger charge is -2.12. The van der Waals surface area contributed by atoms with Crippen molar-refractivity contribution < 1.29 is 23.0 Å². The molecule has 1 N–H and O–H groups in total. The van der Waals surface area contributed by atoms with Gasteiger partial charge in [0.15, 0.2) is 17.3 Å². The summed E-state index contributed by atoms with van der Waals surface area (Å²) in [6, 6.07) is 7.84. The predicted molar refractivity (Wildman–Crippen MR) is 60.0 cm³/mol. The molecule has 0 radical (unpaired) electrons. The number of methoxy groups -OCH3 is 1. The second kappa shape index (κ2) is 4.60. The minimum Gasteiger partial charge on any atom is -0.503 e. The van der Waals surface area contributed by atoms with Crippen LogP contribution in [0.25, 0.3) is 11.1 Å². The van der Waals surface area contributed by atoms with Crippen LogP contribution >= 0.6 is 0 Å². The van der Waals surface area contributed by atoms with Crippen molar-refractivity contribution in [2.75, 3.05) is 7.11 Å². The summed E-state index contributed by atoms with van der Waals surface area (Å²) in [6.07, 6.45) is 0. The van der Waals surface area contributed by atoms with E-state index in [4.69, 9.17) is 9.84 Å². The quantitative estimate of drug-likeness (QED) is 0.831. The monoisotopic (exact) mass is 254 g/mol. The van der Waals surface area contributed by atoms with Gasteiger partial charge in [-0.05, 0) is 5.56 Å². The van der Waals surface area contributed by atoms with Crippen LogP contribution in [0.2, 0.25) is 0 Å². The van der Waals surface area contributed by atoms with Crippen molar-refractivity contribution in [3.05, 3.63) is 47.8 Å². The van der Waals surface area contributed by atoms with Gasteiger partial charge in [-0.15, -0.1) is 0 Å². The number of rotatable bonds is 2. The molecule has 0 aliphatic rings. The molecule has 0 saturated carbocycles. The summed E-state index contributed by atoms with van der Waals surface area (Å²) in [4.78, 5) is 0. The van der Waals surface area contributed by atoms with Gasteiger partial charge in [0, 0.05) is 0 Å². The Hall–Kier alpha value is -2.17. The average Bonchev–Trinajstić information content (AvgIpc) is 2.41. The lowest BCUT2D eigenvalue weighted by Crippen LogP contribution is -2.00. The normalized spacial score (nSPS) is 10.4. The molecule has 0 saturated heterocycles. The third-order valence-electron chi connectivity index (χ3n) is 2.52. The molecule has 18 heavy (non-hydrogen) atoms. The lowest BCUT2D eigenvalue weighted by molar-refractivity contribution is 0.339. The van der Waals surface area contributed by atoms with Gasteiger partial charge >= 0.3 is 0 Å². The topological polar surface area (TPSA) is 29.5 Å². The largest absolute Gasteiger partial charge is 0.503 e. The van der Waals surface area contributed by atoms with Crippen LogP contribution in [0.3, 0.4) is 0 Å². The minimum absolute atomic E-state index is 0.254. The molecule has 5 heteroatoms. The van der Waals surface area contributed by atoms with Crippen molar-refractivity contribution in [1.82, 2.24) is 0 Å². The van der Waals surface area contributed by atoms with Gasteiger partial charge in [0.1, 0.15) is 0 Å². The van der Waals surface area contributed by atoms with Gasteiger partial charge in [-0.2, -0.15) is 8.78 Å². The first-order valence-corrected chi connectivity index (χ1v) is 5.06. The van der Waals surface area contributed by atoms with Gasteiger partial charge in [-0.25, -0.2) is 4.39 Å². The summed E-state index contributed by atoms with van der Waals surface area (Å²) in [5, 5.41) is 9.10. The molecule has 0 aliphatic carbocycles. The summed E-state index contributed by atoms with van der Waals surface area (Å²) >= 11 is 0. The van der Waals surface area contributed by atoms with Gasteiger partial charge < -0.3 is 9.84 Å². The van der Waals surface area contributed by atoms with Crippen LogP contribution in [0.1, 0.15) is 0 Å². The highest BCUT2D eigenvalue weighted by molar-refractivity contribution is 5.73. The standard InChI is InChI=1S/C13H9F3O2/c1-18-13-8(7-5-3-2-4-6-7)9(14)10(15)12(17)11(13)16/h2-6,17H,1H3. The van der Waals surface area contributed by atoms with Gasteiger partial charge in [0.05, 0.1) is 12.7 Å². The van der Waals surface area contributed by atoms with Crippen LogP contribution < -0.4 is 4.74 Å². The van der Waals surface area contributed by atoms with Crippen LogP contribution in [0.5, 0.6) is 11.5 Å². The number of ether oxygens (including phenoxy) is 1. The van der Waals surface area contributed by atoms with Crippen LogP contribution in [0.4, 0.5) is 13.2 Å². The van der Waals surface area contributed by atoms with Crippen molar-refractivity contribution in [2.45, 2.75) is 0 Å². The Morgan fingerprint density at radius 3 is 2.11 bits per heavy atom. The van der Waals surface area contributed by atoms with E-state index in [0.29, 0.717) is 0 Å². The fourth-order valence-corrected chi connectivity index (χ4v) is 1.68. The number of hydrogen-bond acceptors (Lipinski definition) is 2. The molecule has 0 bridgehead atoms. The number of halogens is 3. The number of phenols is 1. The van der Waals surface area contributed by atoms with Crippen LogP contribution in [-0.2, 0) is 0 Å². The zero-order valence-corrected chi connectivity index (χ0v) is 9.38. The van der Waals surface area contributed by atoms with Crippen molar-refractivity contribution in [3.8, 4) is 22.6 Å². The summed E-state index contributed by atoms with van der Waals surface area (Å²) < 4.78 is 45.4. The number of benzene rings is 2. The number of phenolic OH excluding ortho intramolecular Hbond substituents is 1. The predicted octanol–water partition coefficient (Wildman–Crippen LogP) is 3.49. The maximum Gasteiger partial charge on any atom is 0.210 e. The van der Waals surface area contributed by atoms with Gasteiger partial charge in [-0.1, -0.05) is 30.3 Å². The van der Waals surface area contributed by atoms with E-state index in [1.807, 2.05) is 0 Å². The second-order valence-electron chi connectivity index (χ2n) is 3.56. The van der Waals surface area contributed by atoms with Gasteiger partial charge in [0.2, 0.25) is 11.6 Å². The summed E-state index contributed by atoms with van der Waals surface area (Å²) in [7, 11) is 1.11. The Bertz CT molecular complexity index is 583. The third-order valence-corrected chi connectivity index (χ3v) is 2.52.